The van der Waals surface area contributed by atoms with Crippen molar-refractivity contribution >= 4 is 5.78 Å². The summed E-state index contributed by atoms with van der Waals surface area (Å²) in [7, 11) is 1.77. The average Bonchev–Trinajstić information content (AvgIpc) is 2.64. The van der Waals surface area contributed by atoms with Gasteiger partial charge in [0.05, 0.1) is 11.8 Å². The molecule has 0 saturated heterocycles. The normalized spacial score (nSPS) is 10.3. The van der Waals surface area contributed by atoms with Crippen molar-refractivity contribution < 1.29 is 4.79 Å². The van der Waals surface area contributed by atoms with Gasteiger partial charge in [-0.15, -0.1) is 0 Å². The van der Waals surface area contributed by atoms with E-state index in [1.54, 1.807) is 37.1 Å². The molecule has 0 radical (unpaired) electrons. The maximum absolute atomic E-state index is 11.9. The summed E-state index contributed by atoms with van der Waals surface area (Å²) in [4.78, 5) is 19.9. The molecule has 2 rings (SSSR count). The van der Waals surface area contributed by atoms with E-state index in [0.717, 1.165) is 0 Å². The quantitative estimate of drug-likeness (QED) is 0.674. The lowest BCUT2D eigenvalue weighted by Crippen LogP contribution is -2.04. The SMILES string of the molecule is Cc1nccc(C(=O)c2cnn(C)c2)n1. The Bertz CT molecular complexity index is 504. The van der Waals surface area contributed by atoms with E-state index in [1.165, 1.54) is 6.20 Å². The fourth-order valence-electron chi connectivity index (χ4n) is 1.27. The van der Waals surface area contributed by atoms with Crippen LogP contribution in [-0.2, 0) is 7.05 Å². The van der Waals surface area contributed by atoms with Crippen molar-refractivity contribution in [1.29, 1.82) is 0 Å². The molecule has 0 bridgehead atoms. The van der Waals surface area contributed by atoms with Crippen LogP contribution in [0.15, 0.2) is 24.7 Å². The largest absolute Gasteiger partial charge is 0.287 e. The minimum absolute atomic E-state index is 0.131. The molecular weight excluding hydrogens is 192 g/mol. The molecule has 0 amide bonds. The molecule has 5 nitrogen and oxygen atoms in total. The molecule has 2 heterocycles. The third-order valence-corrected chi connectivity index (χ3v) is 1.98. The number of hydrogen-bond donors (Lipinski definition) is 0. The van der Waals surface area contributed by atoms with Crippen molar-refractivity contribution in [1.82, 2.24) is 19.7 Å². The van der Waals surface area contributed by atoms with Crippen LogP contribution in [0.3, 0.4) is 0 Å². The highest BCUT2D eigenvalue weighted by atomic mass is 16.1. The standard InChI is InChI=1S/C10H10N4O/c1-7-11-4-3-9(13-7)10(15)8-5-12-14(2)6-8/h3-6H,1-2H3. The summed E-state index contributed by atoms with van der Waals surface area (Å²) in [6.07, 6.45) is 4.77. The van der Waals surface area contributed by atoms with E-state index < -0.39 is 0 Å². The van der Waals surface area contributed by atoms with E-state index in [4.69, 9.17) is 0 Å². The van der Waals surface area contributed by atoms with Crippen LogP contribution in [0.2, 0.25) is 0 Å². The van der Waals surface area contributed by atoms with Crippen molar-refractivity contribution in [3.63, 3.8) is 0 Å². The number of rotatable bonds is 2. The molecule has 15 heavy (non-hydrogen) atoms. The molecule has 0 aliphatic carbocycles. The van der Waals surface area contributed by atoms with Crippen molar-refractivity contribution in [3.8, 4) is 0 Å². The number of carbonyl (C=O) groups excluding carboxylic acids is 1. The predicted molar refractivity (Wildman–Crippen MR) is 53.4 cm³/mol. The van der Waals surface area contributed by atoms with Crippen LogP contribution >= 0.6 is 0 Å². The number of carbonyl (C=O) groups is 1. The Morgan fingerprint density at radius 2 is 2.27 bits per heavy atom. The summed E-state index contributed by atoms with van der Waals surface area (Å²) in [5, 5.41) is 3.94. The van der Waals surface area contributed by atoms with E-state index in [-0.39, 0.29) is 5.78 Å². The summed E-state index contributed by atoms with van der Waals surface area (Å²) >= 11 is 0. The predicted octanol–water partition coefficient (Wildman–Crippen LogP) is 0.750. The number of aromatic nitrogens is 4. The first kappa shape index (κ1) is 9.51. The summed E-state index contributed by atoms with van der Waals surface area (Å²) in [6, 6.07) is 1.60. The van der Waals surface area contributed by atoms with Gasteiger partial charge in [-0.05, 0) is 13.0 Å². The van der Waals surface area contributed by atoms with Gasteiger partial charge in [0.1, 0.15) is 11.5 Å². The van der Waals surface area contributed by atoms with Gasteiger partial charge >= 0.3 is 0 Å². The zero-order valence-electron chi connectivity index (χ0n) is 8.51. The molecule has 76 valence electrons. The molecule has 0 N–H and O–H groups in total. The number of hydrogen-bond acceptors (Lipinski definition) is 4. The Kier molecular flexibility index (Phi) is 2.29. The molecule has 0 aromatic carbocycles. The molecule has 0 spiro atoms. The van der Waals surface area contributed by atoms with E-state index in [2.05, 4.69) is 15.1 Å². The Morgan fingerprint density at radius 3 is 2.87 bits per heavy atom. The highest BCUT2D eigenvalue weighted by molar-refractivity contribution is 6.07. The molecule has 0 fully saturated rings. The van der Waals surface area contributed by atoms with Crippen LogP contribution in [0, 0.1) is 6.92 Å². The van der Waals surface area contributed by atoms with Gasteiger partial charge in [0.15, 0.2) is 0 Å². The second kappa shape index (κ2) is 3.61. The van der Waals surface area contributed by atoms with Crippen LogP contribution in [0.1, 0.15) is 21.9 Å². The van der Waals surface area contributed by atoms with Gasteiger partial charge in [0.25, 0.3) is 0 Å². The molecule has 0 unspecified atom stereocenters. The van der Waals surface area contributed by atoms with E-state index in [0.29, 0.717) is 17.1 Å². The van der Waals surface area contributed by atoms with E-state index >= 15 is 0 Å². The van der Waals surface area contributed by atoms with Gasteiger partial charge in [0, 0.05) is 19.4 Å². The van der Waals surface area contributed by atoms with Crippen molar-refractivity contribution in [2.75, 3.05) is 0 Å². The van der Waals surface area contributed by atoms with Crippen molar-refractivity contribution in [2.24, 2.45) is 7.05 Å². The molecule has 0 aliphatic rings. The second-order valence-corrected chi connectivity index (χ2v) is 3.22. The lowest BCUT2D eigenvalue weighted by Gasteiger charge is -1.97. The van der Waals surface area contributed by atoms with E-state index in [1.807, 2.05) is 0 Å². The summed E-state index contributed by atoms with van der Waals surface area (Å²) in [6.45, 7) is 1.75. The average molecular weight is 202 g/mol. The van der Waals surface area contributed by atoms with Gasteiger partial charge in [-0.25, -0.2) is 9.97 Å². The van der Waals surface area contributed by atoms with E-state index in [9.17, 15) is 4.79 Å². The third-order valence-electron chi connectivity index (χ3n) is 1.98. The summed E-state index contributed by atoms with van der Waals surface area (Å²) < 4.78 is 1.58. The van der Waals surface area contributed by atoms with Crippen molar-refractivity contribution in [3.05, 3.63) is 41.7 Å². The Labute approximate surface area is 86.8 Å². The molecule has 2 aromatic heterocycles. The fourth-order valence-corrected chi connectivity index (χ4v) is 1.27. The minimum atomic E-state index is -0.131. The molecule has 0 atom stereocenters. The Morgan fingerprint density at radius 1 is 1.47 bits per heavy atom. The molecular formula is C10H10N4O. The van der Waals surface area contributed by atoms with Crippen LogP contribution in [0.25, 0.3) is 0 Å². The van der Waals surface area contributed by atoms with Crippen LogP contribution in [0.4, 0.5) is 0 Å². The fraction of sp³-hybridized carbons (Fsp3) is 0.200. The number of aryl methyl sites for hydroxylation is 2. The Hall–Kier alpha value is -2.04. The minimum Gasteiger partial charge on any atom is -0.287 e. The molecule has 0 aliphatic heterocycles. The smallest absolute Gasteiger partial charge is 0.214 e. The van der Waals surface area contributed by atoms with Crippen LogP contribution in [0.5, 0.6) is 0 Å². The van der Waals surface area contributed by atoms with Gasteiger partial charge in [0.2, 0.25) is 5.78 Å². The maximum atomic E-state index is 11.9. The first-order valence-electron chi connectivity index (χ1n) is 4.50. The lowest BCUT2D eigenvalue weighted by molar-refractivity contribution is 0.103. The second-order valence-electron chi connectivity index (χ2n) is 3.22. The van der Waals surface area contributed by atoms with Crippen molar-refractivity contribution in [2.45, 2.75) is 6.92 Å². The van der Waals surface area contributed by atoms with Gasteiger partial charge in [-0.2, -0.15) is 5.10 Å². The summed E-state index contributed by atoms with van der Waals surface area (Å²) in [5.74, 6) is 0.457. The topological polar surface area (TPSA) is 60.7 Å². The van der Waals surface area contributed by atoms with Crippen LogP contribution in [-0.4, -0.2) is 25.5 Å². The monoisotopic (exact) mass is 202 g/mol. The van der Waals surface area contributed by atoms with Gasteiger partial charge in [-0.1, -0.05) is 0 Å². The summed E-state index contributed by atoms with van der Waals surface area (Å²) in [5.41, 5.74) is 0.936. The Balaban J connectivity index is 2.36. The highest BCUT2D eigenvalue weighted by Crippen LogP contribution is 2.05. The highest BCUT2D eigenvalue weighted by Gasteiger charge is 2.12. The molecule has 5 heteroatoms. The number of nitrogens with zero attached hydrogens (tertiary/aromatic N) is 4. The molecule has 2 aromatic rings. The third kappa shape index (κ3) is 1.90. The van der Waals surface area contributed by atoms with Crippen LogP contribution < -0.4 is 0 Å². The lowest BCUT2D eigenvalue weighted by atomic mass is 10.2. The number of ketones is 1. The first-order chi connectivity index (χ1) is 7.16. The molecule has 0 saturated carbocycles. The van der Waals surface area contributed by atoms with Gasteiger partial charge < -0.3 is 0 Å². The zero-order valence-corrected chi connectivity index (χ0v) is 8.51. The van der Waals surface area contributed by atoms with Gasteiger partial charge in [-0.3, -0.25) is 9.48 Å². The first-order valence-corrected chi connectivity index (χ1v) is 4.50. The maximum Gasteiger partial charge on any atom is 0.214 e. The zero-order chi connectivity index (χ0) is 10.8.